The fraction of sp³-hybridized carbons (Fsp3) is 0.318. The number of amides is 1. The molecule has 1 amide bonds. The molecule has 0 saturated carbocycles. The molecule has 29 heavy (non-hydrogen) atoms. The smallest absolute Gasteiger partial charge is 0.331 e. The Kier molecular flexibility index (Phi) is 5.41. The van der Waals surface area contributed by atoms with Crippen LogP contribution in [0, 0.1) is 0 Å². The number of fused-ring (bicyclic) bond motifs is 1. The van der Waals surface area contributed by atoms with Crippen molar-refractivity contribution < 1.29 is 4.79 Å². The number of para-hydroxylation sites is 1. The van der Waals surface area contributed by atoms with E-state index in [4.69, 9.17) is 0 Å². The van der Waals surface area contributed by atoms with Gasteiger partial charge in [-0.2, -0.15) is 0 Å². The van der Waals surface area contributed by atoms with Crippen LogP contribution in [0.2, 0.25) is 0 Å². The highest BCUT2D eigenvalue weighted by molar-refractivity contribution is 9.10. The van der Waals surface area contributed by atoms with Gasteiger partial charge in [0.1, 0.15) is 6.54 Å². The SMILES string of the molecule is CCn1c(=O)c2ccccc2n(CC(=O)N2CCCC2c2ccc(Br)cc2)c1=O. The number of carbonyl (C=O) groups excluding carboxylic acids is 1. The van der Waals surface area contributed by atoms with Gasteiger partial charge in [0, 0.05) is 17.6 Å². The molecule has 1 saturated heterocycles. The summed E-state index contributed by atoms with van der Waals surface area (Å²) in [7, 11) is 0. The molecule has 6 nitrogen and oxygen atoms in total. The lowest BCUT2D eigenvalue weighted by molar-refractivity contribution is -0.132. The second-order valence-electron chi connectivity index (χ2n) is 7.23. The molecule has 0 spiro atoms. The third-order valence-corrected chi connectivity index (χ3v) is 6.10. The molecular formula is C22H22BrN3O3. The summed E-state index contributed by atoms with van der Waals surface area (Å²) in [6, 6.07) is 15.0. The first-order valence-electron chi connectivity index (χ1n) is 9.78. The highest BCUT2D eigenvalue weighted by Crippen LogP contribution is 2.32. The standard InChI is InChI=1S/C22H22BrN3O3/c1-2-24-21(28)17-6-3-4-7-19(17)26(22(24)29)14-20(27)25-13-5-8-18(25)15-9-11-16(23)12-10-15/h3-4,6-7,9-12,18H,2,5,8,13-14H2,1H3. The van der Waals surface area contributed by atoms with Gasteiger partial charge < -0.3 is 4.90 Å². The van der Waals surface area contributed by atoms with Gasteiger partial charge in [0.05, 0.1) is 16.9 Å². The van der Waals surface area contributed by atoms with E-state index in [1.807, 2.05) is 29.2 Å². The van der Waals surface area contributed by atoms with E-state index in [9.17, 15) is 14.4 Å². The van der Waals surface area contributed by atoms with Crippen molar-refractivity contribution in [1.82, 2.24) is 14.0 Å². The lowest BCUT2D eigenvalue weighted by Gasteiger charge is -2.26. The van der Waals surface area contributed by atoms with Crippen molar-refractivity contribution in [2.45, 2.75) is 38.9 Å². The molecule has 1 unspecified atom stereocenters. The van der Waals surface area contributed by atoms with Crippen molar-refractivity contribution in [3.8, 4) is 0 Å². The predicted octanol–water partition coefficient (Wildman–Crippen LogP) is 3.31. The summed E-state index contributed by atoms with van der Waals surface area (Å²) >= 11 is 3.45. The number of aromatic nitrogens is 2. The molecule has 1 aromatic heterocycles. The third-order valence-electron chi connectivity index (χ3n) is 5.57. The van der Waals surface area contributed by atoms with Gasteiger partial charge in [-0.25, -0.2) is 4.79 Å². The van der Waals surface area contributed by atoms with Crippen LogP contribution >= 0.6 is 15.9 Å². The van der Waals surface area contributed by atoms with Crippen molar-refractivity contribution >= 4 is 32.7 Å². The van der Waals surface area contributed by atoms with Crippen LogP contribution in [0.5, 0.6) is 0 Å². The van der Waals surface area contributed by atoms with Gasteiger partial charge in [-0.15, -0.1) is 0 Å². The number of nitrogens with zero attached hydrogens (tertiary/aromatic N) is 3. The van der Waals surface area contributed by atoms with Crippen LogP contribution in [0.15, 0.2) is 62.6 Å². The minimum Gasteiger partial charge on any atom is -0.334 e. The molecule has 150 valence electrons. The molecule has 2 aromatic carbocycles. The van der Waals surface area contributed by atoms with Crippen LogP contribution < -0.4 is 11.2 Å². The zero-order valence-corrected chi connectivity index (χ0v) is 17.8. The summed E-state index contributed by atoms with van der Waals surface area (Å²) in [5, 5.41) is 0.452. The highest BCUT2D eigenvalue weighted by Gasteiger charge is 2.30. The minimum atomic E-state index is -0.441. The highest BCUT2D eigenvalue weighted by atomic mass is 79.9. The molecule has 0 bridgehead atoms. The van der Waals surface area contributed by atoms with E-state index in [0.717, 1.165) is 22.9 Å². The summed E-state index contributed by atoms with van der Waals surface area (Å²) in [5.41, 5.74) is 0.837. The van der Waals surface area contributed by atoms with Crippen LogP contribution in [0.25, 0.3) is 10.9 Å². The van der Waals surface area contributed by atoms with Crippen molar-refractivity contribution in [3.63, 3.8) is 0 Å². The average Bonchev–Trinajstić information content (AvgIpc) is 3.22. The zero-order chi connectivity index (χ0) is 20.5. The molecule has 4 rings (SSSR count). The number of rotatable bonds is 4. The molecule has 1 atom stereocenters. The third kappa shape index (κ3) is 3.55. The quantitative estimate of drug-likeness (QED) is 0.605. The lowest BCUT2D eigenvalue weighted by atomic mass is 10.0. The Balaban J connectivity index is 1.71. The Hall–Kier alpha value is -2.67. The maximum Gasteiger partial charge on any atom is 0.331 e. The van der Waals surface area contributed by atoms with Gasteiger partial charge >= 0.3 is 5.69 Å². The summed E-state index contributed by atoms with van der Waals surface area (Å²) in [6.45, 7) is 2.61. The van der Waals surface area contributed by atoms with Gasteiger partial charge in [-0.1, -0.05) is 40.2 Å². The average molecular weight is 456 g/mol. The van der Waals surface area contributed by atoms with E-state index in [1.54, 1.807) is 31.2 Å². The van der Waals surface area contributed by atoms with Crippen LogP contribution in [-0.2, 0) is 17.9 Å². The first kappa shape index (κ1) is 19.6. The number of benzene rings is 2. The van der Waals surface area contributed by atoms with E-state index in [0.29, 0.717) is 17.4 Å². The van der Waals surface area contributed by atoms with E-state index in [-0.39, 0.29) is 30.6 Å². The Bertz CT molecular complexity index is 1180. The number of hydrogen-bond acceptors (Lipinski definition) is 3. The summed E-state index contributed by atoms with van der Waals surface area (Å²) < 4.78 is 3.61. The Morgan fingerprint density at radius 3 is 2.52 bits per heavy atom. The molecule has 3 aromatic rings. The topological polar surface area (TPSA) is 64.3 Å². The van der Waals surface area contributed by atoms with Gasteiger partial charge in [0.15, 0.2) is 0 Å². The number of hydrogen-bond donors (Lipinski definition) is 0. The van der Waals surface area contributed by atoms with Crippen molar-refractivity contribution in [3.05, 3.63) is 79.4 Å². The van der Waals surface area contributed by atoms with E-state index < -0.39 is 5.69 Å². The van der Waals surface area contributed by atoms with Crippen LogP contribution in [0.1, 0.15) is 31.4 Å². The molecule has 7 heteroatoms. The first-order valence-corrected chi connectivity index (χ1v) is 10.6. The fourth-order valence-corrected chi connectivity index (χ4v) is 4.39. The number of likely N-dealkylation sites (tertiary alicyclic amines) is 1. The number of carbonyl (C=O) groups is 1. The second kappa shape index (κ2) is 7.99. The lowest BCUT2D eigenvalue weighted by Crippen LogP contribution is -2.43. The van der Waals surface area contributed by atoms with Crippen molar-refractivity contribution in [1.29, 1.82) is 0 Å². The normalized spacial score (nSPS) is 16.5. The van der Waals surface area contributed by atoms with Crippen LogP contribution in [0.4, 0.5) is 0 Å². The van der Waals surface area contributed by atoms with Crippen LogP contribution in [0.3, 0.4) is 0 Å². The Morgan fingerprint density at radius 2 is 1.79 bits per heavy atom. The number of halogens is 1. The van der Waals surface area contributed by atoms with Gasteiger partial charge in [0.2, 0.25) is 5.91 Å². The largest absolute Gasteiger partial charge is 0.334 e. The molecule has 1 aliphatic rings. The van der Waals surface area contributed by atoms with Crippen LogP contribution in [-0.4, -0.2) is 26.5 Å². The fourth-order valence-electron chi connectivity index (χ4n) is 4.13. The summed E-state index contributed by atoms with van der Waals surface area (Å²) in [5.74, 6) is -0.107. The molecule has 2 heterocycles. The van der Waals surface area contributed by atoms with Gasteiger partial charge in [0.25, 0.3) is 5.56 Å². The molecular weight excluding hydrogens is 434 g/mol. The van der Waals surface area contributed by atoms with Gasteiger partial charge in [-0.05, 0) is 49.6 Å². The summed E-state index contributed by atoms with van der Waals surface area (Å²) in [4.78, 5) is 40.6. The zero-order valence-electron chi connectivity index (χ0n) is 16.2. The molecule has 0 radical (unpaired) electrons. The summed E-state index contributed by atoms with van der Waals surface area (Å²) in [6.07, 6.45) is 1.83. The first-order chi connectivity index (χ1) is 14.0. The van der Waals surface area contributed by atoms with E-state index in [1.165, 1.54) is 9.13 Å². The maximum atomic E-state index is 13.2. The maximum absolute atomic E-state index is 13.2. The molecule has 1 fully saturated rings. The molecule has 0 aliphatic carbocycles. The Labute approximate surface area is 176 Å². The van der Waals surface area contributed by atoms with Crippen molar-refractivity contribution in [2.24, 2.45) is 0 Å². The molecule has 1 aliphatic heterocycles. The van der Waals surface area contributed by atoms with Gasteiger partial charge in [-0.3, -0.25) is 18.7 Å². The van der Waals surface area contributed by atoms with E-state index >= 15 is 0 Å². The predicted molar refractivity (Wildman–Crippen MR) is 116 cm³/mol. The molecule has 0 N–H and O–H groups in total. The minimum absolute atomic E-state index is 0.00893. The second-order valence-corrected chi connectivity index (χ2v) is 8.15. The van der Waals surface area contributed by atoms with Crippen molar-refractivity contribution in [2.75, 3.05) is 6.54 Å². The monoisotopic (exact) mass is 455 g/mol. The Morgan fingerprint density at radius 1 is 1.07 bits per heavy atom. The van der Waals surface area contributed by atoms with E-state index in [2.05, 4.69) is 15.9 Å².